The summed E-state index contributed by atoms with van der Waals surface area (Å²) in [5.74, 6) is 0.113. The van der Waals surface area contributed by atoms with E-state index in [0.717, 1.165) is 36.0 Å². The summed E-state index contributed by atoms with van der Waals surface area (Å²) in [5.41, 5.74) is 0.790. The minimum Gasteiger partial charge on any atom is -0.329 e. The van der Waals surface area contributed by atoms with Gasteiger partial charge < -0.3 is 9.80 Å². The highest BCUT2D eigenvalue weighted by molar-refractivity contribution is 9.10. The number of piperidine rings is 1. The Kier molecular flexibility index (Phi) is 3.31. The van der Waals surface area contributed by atoms with Crippen LogP contribution < -0.4 is 4.90 Å². The number of anilines is 1. The quantitative estimate of drug-likeness (QED) is 0.795. The number of nitrogens with zero attached hydrogens (tertiary/aromatic N) is 2. The summed E-state index contributed by atoms with van der Waals surface area (Å²) < 4.78 is 0.913. The number of rotatable bonds is 1. The zero-order valence-corrected chi connectivity index (χ0v) is 12.1. The summed E-state index contributed by atoms with van der Waals surface area (Å²) in [4.78, 5) is 28.1. The molecule has 0 radical (unpaired) electrons. The number of hydrogen-bond donors (Lipinski definition) is 0. The highest BCUT2D eigenvalue weighted by atomic mass is 79.9. The maximum atomic E-state index is 12.5. The molecule has 2 fully saturated rings. The van der Waals surface area contributed by atoms with E-state index < -0.39 is 0 Å². The van der Waals surface area contributed by atoms with Crippen LogP contribution in [0.5, 0.6) is 0 Å². The van der Waals surface area contributed by atoms with E-state index in [-0.39, 0.29) is 24.4 Å². The molecule has 2 aliphatic heterocycles. The van der Waals surface area contributed by atoms with Gasteiger partial charge in [0.15, 0.2) is 0 Å². The highest BCUT2D eigenvalue weighted by Crippen LogP contribution is 2.28. The lowest BCUT2D eigenvalue weighted by Crippen LogP contribution is -2.61. The number of halogens is 1. The van der Waals surface area contributed by atoms with Gasteiger partial charge in [0.05, 0.1) is 0 Å². The van der Waals surface area contributed by atoms with E-state index in [9.17, 15) is 9.59 Å². The van der Waals surface area contributed by atoms with Crippen molar-refractivity contribution in [3.05, 3.63) is 28.7 Å². The van der Waals surface area contributed by atoms with Crippen molar-refractivity contribution < 1.29 is 9.59 Å². The third kappa shape index (κ3) is 2.27. The van der Waals surface area contributed by atoms with E-state index in [1.807, 2.05) is 24.3 Å². The molecule has 0 spiro atoms. The van der Waals surface area contributed by atoms with Gasteiger partial charge >= 0.3 is 0 Å². The van der Waals surface area contributed by atoms with Crippen LogP contribution >= 0.6 is 15.9 Å². The molecule has 2 amide bonds. The molecule has 2 aliphatic rings. The first-order chi connectivity index (χ1) is 9.16. The van der Waals surface area contributed by atoms with Crippen LogP contribution in [0.1, 0.15) is 19.3 Å². The fraction of sp³-hybridized carbons (Fsp3) is 0.429. The van der Waals surface area contributed by atoms with E-state index in [1.165, 1.54) is 0 Å². The summed E-state index contributed by atoms with van der Waals surface area (Å²) in [5, 5.41) is 0. The van der Waals surface area contributed by atoms with Gasteiger partial charge in [0.25, 0.3) is 0 Å². The molecule has 2 saturated heterocycles. The minimum atomic E-state index is -0.256. The Labute approximate surface area is 120 Å². The van der Waals surface area contributed by atoms with Crippen LogP contribution in [0.4, 0.5) is 5.69 Å². The van der Waals surface area contributed by atoms with Gasteiger partial charge in [0.2, 0.25) is 11.8 Å². The third-order valence-electron chi connectivity index (χ3n) is 3.79. The standard InChI is InChI=1S/C14H15BrN2O2/c15-10-4-3-5-11(8-10)17-9-13(18)16-7-2-1-6-12(16)14(17)19/h3-5,8,12H,1-2,6-7,9H2. The van der Waals surface area contributed by atoms with Crippen LogP contribution in [0.2, 0.25) is 0 Å². The second-order valence-corrected chi connectivity index (χ2v) is 5.92. The smallest absolute Gasteiger partial charge is 0.250 e. The minimum absolute atomic E-state index is 0.0531. The molecule has 3 rings (SSSR count). The first-order valence-electron chi connectivity index (χ1n) is 6.53. The van der Waals surface area contributed by atoms with Crippen molar-refractivity contribution in [1.82, 2.24) is 4.90 Å². The number of hydrogen-bond acceptors (Lipinski definition) is 2. The Hall–Kier alpha value is -1.36. The molecule has 2 heterocycles. The van der Waals surface area contributed by atoms with Crippen molar-refractivity contribution in [2.75, 3.05) is 18.0 Å². The lowest BCUT2D eigenvalue weighted by molar-refractivity contribution is -0.144. The van der Waals surface area contributed by atoms with Crippen molar-refractivity contribution in [2.24, 2.45) is 0 Å². The Morgan fingerprint density at radius 1 is 1.21 bits per heavy atom. The maximum Gasteiger partial charge on any atom is 0.250 e. The lowest BCUT2D eigenvalue weighted by atomic mass is 9.98. The van der Waals surface area contributed by atoms with E-state index in [2.05, 4.69) is 15.9 Å². The molecule has 19 heavy (non-hydrogen) atoms. The molecule has 0 bridgehead atoms. The Morgan fingerprint density at radius 2 is 2.05 bits per heavy atom. The van der Waals surface area contributed by atoms with Gasteiger partial charge in [-0.1, -0.05) is 22.0 Å². The third-order valence-corrected chi connectivity index (χ3v) is 4.28. The number of carbonyl (C=O) groups excluding carboxylic acids is 2. The first kappa shape index (κ1) is 12.7. The summed E-state index contributed by atoms with van der Waals surface area (Å²) in [6.07, 6.45) is 2.81. The topological polar surface area (TPSA) is 40.6 Å². The number of piperazine rings is 1. The van der Waals surface area contributed by atoms with Crippen LogP contribution in [0.15, 0.2) is 28.7 Å². The van der Waals surface area contributed by atoms with Gasteiger partial charge in [-0.25, -0.2) is 0 Å². The molecule has 1 aromatic carbocycles. The average Bonchev–Trinajstić information content (AvgIpc) is 2.43. The predicted molar refractivity (Wildman–Crippen MR) is 75.8 cm³/mol. The van der Waals surface area contributed by atoms with Gasteiger partial charge in [-0.15, -0.1) is 0 Å². The van der Waals surface area contributed by atoms with E-state index >= 15 is 0 Å². The van der Waals surface area contributed by atoms with Crippen LogP contribution in [0.25, 0.3) is 0 Å². The fourth-order valence-corrected chi connectivity index (χ4v) is 3.22. The average molecular weight is 323 g/mol. The van der Waals surface area contributed by atoms with Gasteiger partial charge in [-0.05, 0) is 37.5 Å². The number of benzene rings is 1. The van der Waals surface area contributed by atoms with Crippen molar-refractivity contribution in [2.45, 2.75) is 25.3 Å². The van der Waals surface area contributed by atoms with Crippen molar-refractivity contribution in [3.8, 4) is 0 Å². The molecular formula is C14H15BrN2O2. The Bertz CT molecular complexity index is 532. The molecule has 100 valence electrons. The van der Waals surface area contributed by atoms with E-state index in [1.54, 1.807) is 9.80 Å². The van der Waals surface area contributed by atoms with Crippen LogP contribution in [0.3, 0.4) is 0 Å². The number of fused-ring (bicyclic) bond motifs is 1. The molecule has 0 N–H and O–H groups in total. The van der Waals surface area contributed by atoms with E-state index in [4.69, 9.17) is 0 Å². The zero-order chi connectivity index (χ0) is 13.4. The second kappa shape index (κ2) is 4.96. The molecule has 1 aromatic rings. The number of carbonyl (C=O) groups is 2. The largest absolute Gasteiger partial charge is 0.329 e. The van der Waals surface area contributed by atoms with Crippen molar-refractivity contribution >= 4 is 33.4 Å². The normalized spacial score (nSPS) is 23.5. The van der Waals surface area contributed by atoms with Crippen LogP contribution in [-0.4, -0.2) is 35.8 Å². The van der Waals surface area contributed by atoms with Gasteiger partial charge in [-0.3, -0.25) is 9.59 Å². The van der Waals surface area contributed by atoms with E-state index in [0.29, 0.717) is 0 Å². The Morgan fingerprint density at radius 3 is 2.84 bits per heavy atom. The molecule has 1 unspecified atom stereocenters. The van der Waals surface area contributed by atoms with Crippen molar-refractivity contribution in [1.29, 1.82) is 0 Å². The van der Waals surface area contributed by atoms with Crippen LogP contribution in [0, 0.1) is 0 Å². The Balaban J connectivity index is 1.91. The fourth-order valence-electron chi connectivity index (χ4n) is 2.83. The summed E-state index contributed by atoms with van der Waals surface area (Å²) in [7, 11) is 0. The van der Waals surface area contributed by atoms with Gasteiger partial charge in [0.1, 0.15) is 12.6 Å². The summed E-state index contributed by atoms with van der Waals surface area (Å²) in [6.45, 7) is 0.882. The van der Waals surface area contributed by atoms with Crippen molar-refractivity contribution in [3.63, 3.8) is 0 Å². The van der Waals surface area contributed by atoms with Gasteiger partial charge in [-0.2, -0.15) is 0 Å². The molecule has 0 aromatic heterocycles. The maximum absolute atomic E-state index is 12.5. The molecule has 0 saturated carbocycles. The molecule has 0 aliphatic carbocycles. The van der Waals surface area contributed by atoms with Gasteiger partial charge in [0, 0.05) is 16.7 Å². The molecular weight excluding hydrogens is 308 g/mol. The highest BCUT2D eigenvalue weighted by Gasteiger charge is 2.40. The lowest BCUT2D eigenvalue weighted by Gasteiger charge is -2.42. The number of amides is 2. The molecule has 4 nitrogen and oxygen atoms in total. The molecule has 1 atom stereocenters. The zero-order valence-electron chi connectivity index (χ0n) is 10.5. The predicted octanol–water partition coefficient (Wildman–Crippen LogP) is 2.18. The second-order valence-electron chi connectivity index (χ2n) is 5.00. The first-order valence-corrected chi connectivity index (χ1v) is 7.32. The monoisotopic (exact) mass is 322 g/mol. The van der Waals surface area contributed by atoms with Crippen LogP contribution in [-0.2, 0) is 9.59 Å². The summed E-state index contributed by atoms with van der Waals surface area (Å²) >= 11 is 3.40. The summed E-state index contributed by atoms with van der Waals surface area (Å²) in [6, 6.07) is 7.28. The molecule has 5 heteroatoms. The SMILES string of the molecule is O=C1C2CCCCN2C(=O)CN1c1cccc(Br)c1.